The highest BCUT2D eigenvalue weighted by molar-refractivity contribution is 9.10. The lowest BCUT2D eigenvalue weighted by atomic mass is 10.0. The fourth-order valence-corrected chi connectivity index (χ4v) is 4.87. The summed E-state index contributed by atoms with van der Waals surface area (Å²) >= 11 is 7.36. The maximum Gasteiger partial charge on any atom is 0.0768 e. The van der Waals surface area contributed by atoms with E-state index in [1.807, 2.05) is 22.7 Å². The van der Waals surface area contributed by atoms with E-state index >= 15 is 0 Å². The minimum Gasteiger partial charge on any atom is -0.305 e. The highest BCUT2D eigenvalue weighted by atomic mass is 79.9. The van der Waals surface area contributed by atoms with Crippen LogP contribution in [0.2, 0.25) is 0 Å². The van der Waals surface area contributed by atoms with Crippen LogP contribution in [0.3, 0.4) is 0 Å². The van der Waals surface area contributed by atoms with Gasteiger partial charge in [-0.2, -0.15) is 0 Å². The van der Waals surface area contributed by atoms with Gasteiger partial charge in [-0.3, -0.25) is 0 Å². The minimum absolute atomic E-state index is 0.416. The molecular formula is C12H12BrNS2. The second kappa shape index (κ2) is 4.26. The number of hydrogen-bond donors (Lipinski definition) is 1. The highest BCUT2D eigenvalue weighted by Gasteiger charge is 2.24. The van der Waals surface area contributed by atoms with E-state index in [-0.39, 0.29) is 0 Å². The van der Waals surface area contributed by atoms with Gasteiger partial charge in [-0.1, -0.05) is 0 Å². The zero-order valence-electron chi connectivity index (χ0n) is 8.92. The van der Waals surface area contributed by atoms with Crippen molar-refractivity contribution in [3.05, 3.63) is 42.2 Å². The molecular weight excluding hydrogens is 302 g/mol. The molecule has 1 unspecified atom stereocenters. The van der Waals surface area contributed by atoms with Crippen LogP contribution in [0, 0.1) is 6.92 Å². The smallest absolute Gasteiger partial charge is 0.0768 e. The monoisotopic (exact) mass is 313 g/mol. The van der Waals surface area contributed by atoms with E-state index in [2.05, 4.69) is 45.7 Å². The summed E-state index contributed by atoms with van der Waals surface area (Å²) in [6, 6.07) is 4.94. The maximum absolute atomic E-state index is 3.62. The van der Waals surface area contributed by atoms with Gasteiger partial charge in [0.1, 0.15) is 0 Å². The zero-order chi connectivity index (χ0) is 11.1. The van der Waals surface area contributed by atoms with Gasteiger partial charge in [0, 0.05) is 25.6 Å². The van der Waals surface area contributed by atoms with E-state index < -0.39 is 0 Å². The van der Waals surface area contributed by atoms with Crippen molar-refractivity contribution in [2.24, 2.45) is 0 Å². The molecule has 0 aliphatic carbocycles. The van der Waals surface area contributed by atoms with Gasteiger partial charge >= 0.3 is 0 Å². The summed E-state index contributed by atoms with van der Waals surface area (Å²) in [6.07, 6.45) is 1.17. The normalized spacial score (nSPS) is 19.8. The molecule has 1 aliphatic heterocycles. The largest absolute Gasteiger partial charge is 0.305 e. The molecule has 1 aliphatic rings. The van der Waals surface area contributed by atoms with E-state index in [9.17, 15) is 0 Å². The number of halogens is 1. The molecule has 0 saturated carbocycles. The van der Waals surface area contributed by atoms with Crippen LogP contribution in [-0.2, 0) is 6.42 Å². The third-order valence-electron chi connectivity index (χ3n) is 2.95. The number of nitrogens with one attached hydrogen (secondary N) is 1. The van der Waals surface area contributed by atoms with Gasteiger partial charge in [0.15, 0.2) is 0 Å². The quantitative estimate of drug-likeness (QED) is 0.835. The number of rotatable bonds is 1. The van der Waals surface area contributed by atoms with Gasteiger partial charge in [0.2, 0.25) is 0 Å². The summed E-state index contributed by atoms with van der Waals surface area (Å²) in [5.74, 6) is 0. The Kier molecular flexibility index (Phi) is 2.92. The molecule has 3 rings (SSSR count). The first-order valence-electron chi connectivity index (χ1n) is 5.31. The first kappa shape index (κ1) is 11.0. The van der Waals surface area contributed by atoms with Gasteiger partial charge < -0.3 is 5.32 Å². The zero-order valence-corrected chi connectivity index (χ0v) is 12.1. The van der Waals surface area contributed by atoms with Crippen molar-refractivity contribution in [2.45, 2.75) is 19.4 Å². The first-order valence-corrected chi connectivity index (χ1v) is 7.80. The molecule has 0 fully saturated rings. The van der Waals surface area contributed by atoms with E-state index in [0.717, 1.165) is 6.54 Å². The molecule has 0 bridgehead atoms. The lowest BCUT2D eigenvalue weighted by Gasteiger charge is -2.22. The van der Waals surface area contributed by atoms with Crippen molar-refractivity contribution in [1.29, 1.82) is 0 Å². The predicted molar refractivity (Wildman–Crippen MR) is 74.6 cm³/mol. The van der Waals surface area contributed by atoms with Gasteiger partial charge in [0.25, 0.3) is 0 Å². The summed E-state index contributed by atoms with van der Waals surface area (Å²) in [5.41, 5.74) is 1.52. The molecule has 0 spiro atoms. The lowest BCUT2D eigenvalue weighted by Crippen LogP contribution is -2.28. The highest BCUT2D eigenvalue weighted by Crippen LogP contribution is 2.38. The van der Waals surface area contributed by atoms with Crippen molar-refractivity contribution < 1.29 is 0 Å². The van der Waals surface area contributed by atoms with Crippen molar-refractivity contribution in [2.75, 3.05) is 6.54 Å². The molecule has 84 valence electrons. The molecule has 2 aromatic rings. The molecule has 4 heteroatoms. The van der Waals surface area contributed by atoms with Gasteiger partial charge in [-0.05, 0) is 52.4 Å². The Morgan fingerprint density at radius 2 is 2.38 bits per heavy atom. The predicted octanol–water partition coefficient (Wildman–Crippen LogP) is 4.12. The molecule has 16 heavy (non-hydrogen) atoms. The van der Waals surface area contributed by atoms with Crippen LogP contribution in [0.4, 0.5) is 0 Å². The molecule has 1 nitrogen and oxygen atoms in total. The third-order valence-corrected chi connectivity index (χ3v) is 6.17. The fourth-order valence-electron chi connectivity index (χ4n) is 2.10. The second-order valence-corrected chi connectivity index (χ2v) is 7.09. The Hall–Kier alpha value is -0.160. The van der Waals surface area contributed by atoms with Crippen molar-refractivity contribution >= 4 is 38.6 Å². The molecule has 0 amide bonds. The Bertz CT molecular complexity index is 495. The molecule has 1 atom stereocenters. The van der Waals surface area contributed by atoms with Crippen LogP contribution in [0.5, 0.6) is 0 Å². The Morgan fingerprint density at radius 3 is 3.12 bits per heavy atom. The van der Waals surface area contributed by atoms with Crippen molar-refractivity contribution in [3.8, 4) is 0 Å². The summed E-state index contributed by atoms with van der Waals surface area (Å²) < 4.78 is 1.23. The molecule has 2 aromatic heterocycles. The summed E-state index contributed by atoms with van der Waals surface area (Å²) in [5, 5.41) is 5.83. The number of hydrogen-bond acceptors (Lipinski definition) is 3. The minimum atomic E-state index is 0.416. The summed E-state index contributed by atoms with van der Waals surface area (Å²) in [7, 11) is 0. The second-order valence-electron chi connectivity index (χ2n) is 4.00. The Labute approximate surface area is 112 Å². The Balaban J connectivity index is 2.03. The number of aryl methyl sites for hydroxylation is 1. The first-order chi connectivity index (χ1) is 7.75. The fraction of sp³-hybridized carbons (Fsp3) is 0.333. The summed E-state index contributed by atoms with van der Waals surface area (Å²) in [4.78, 5) is 4.29. The van der Waals surface area contributed by atoms with Gasteiger partial charge in [0.05, 0.1) is 6.04 Å². The van der Waals surface area contributed by atoms with E-state index in [0.29, 0.717) is 6.04 Å². The van der Waals surface area contributed by atoms with Crippen LogP contribution >= 0.6 is 38.6 Å². The van der Waals surface area contributed by atoms with Crippen LogP contribution < -0.4 is 5.32 Å². The van der Waals surface area contributed by atoms with Crippen molar-refractivity contribution in [1.82, 2.24) is 5.32 Å². The van der Waals surface area contributed by atoms with Crippen LogP contribution in [0.15, 0.2) is 22.0 Å². The number of thiophene rings is 2. The SMILES string of the molecule is Cc1sc(C2NCCc3ccsc32)cc1Br. The molecule has 0 radical (unpaired) electrons. The third kappa shape index (κ3) is 1.78. The van der Waals surface area contributed by atoms with Crippen molar-refractivity contribution in [3.63, 3.8) is 0 Å². The van der Waals surface area contributed by atoms with Gasteiger partial charge in [-0.25, -0.2) is 0 Å². The van der Waals surface area contributed by atoms with E-state index in [4.69, 9.17) is 0 Å². The van der Waals surface area contributed by atoms with Gasteiger partial charge in [-0.15, -0.1) is 22.7 Å². The average Bonchev–Trinajstić information content (AvgIpc) is 2.85. The lowest BCUT2D eigenvalue weighted by molar-refractivity contribution is 0.585. The molecule has 3 heterocycles. The topological polar surface area (TPSA) is 12.0 Å². The standard InChI is InChI=1S/C12H12BrNS2/c1-7-9(13)6-10(16-7)11-12-8(2-4-14-11)3-5-15-12/h3,5-6,11,14H,2,4H2,1H3. The van der Waals surface area contributed by atoms with Crippen LogP contribution in [0.25, 0.3) is 0 Å². The van der Waals surface area contributed by atoms with Crippen LogP contribution in [0.1, 0.15) is 26.2 Å². The van der Waals surface area contributed by atoms with E-state index in [1.54, 1.807) is 0 Å². The summed E-state index contributed by atoms with van der Waals surface area (Å²) in [6.45, 7) is 3.25. The molecule has 0 saturated heterocycles. The van der Waals surface area contributed by atoms with E-state index in [1.165, 1.54) is 31.1 Å². The maximum atomic E-state index is 3.62. The average molecular weight is 314 g/mol. The number of fused-ring (bicyclic) bond motifs is 1. The van der Waals surface area contributed by atoms with Crippen LogP contribution in [-0.4, -0.2) is 6.54 Å². The Morgan fingerprint density at radius 1 is 1.50 bits per heavy atom. The molecule has 1 N–H and O–H groups in total. The molecule has 0 aromatic carbocycles.